The van der Waals surface area contributed by atoms with Crippen molar-refractivity contribution in [1.29, 1.82) is 0 Å². The molecule has 11 heteroatoms. The lowest BCUT2D eigenvalue weighted by Gasteiger charge is -2.24. The van der Waals surface area contributed by atoms with Crippen molar-refractivity contribution in [3.63, 3.8) is 0 Å². The Morgan fingerprint density at radius 1 is 1.08 bits per heavy atom. The summed E-state index contributed by atoms with van der Waals surface area (Å²) in [5.74, 6) is -1.50. The average molecular weight is 539 g/mol. The molecule has 0 aliphatic carbocycles. The Balaban J connectivity index is 1.96. The van der Waals surface area contributed by atoms with Crippen molar-refractivity contribution in [2.24, 2.45) is 0 Å². The molecule has 0 spiro atoms. The molecule has 3 aromatic rings. The molecule has 4 rings (SSSR count). The molecule has 0 bridgehead atoms. The van der Waals surface area contributed by atoms with E-state index in [1.165, 1.54) is 26.2 Å². The van der Waals surface area contributed by atoms with Crippen molar-refractivity contribution in [2.45, 2.75) is 19.9 Å². The number of rotatable bonds is 8. The van der Waals surface area contributed by atoms with Gasteiger partial charge in [0.15, 0.2) is 16.6 Å². The second-order valence-electron chi connectivity index (χ2n) is 8.15. The van der Waals surface area contributed by atoms with Gasteiger partial charge < -0.3 is 24.1 Å². The fourth-order valence-corrected chi connectivity index (χ4v) is 5.18. The SMILES string of the molecule is CCOc1ccc([C@@H]2/C(=C(\O)c3cccc(OC)c3)C(=O)C(=O)N2c2nc(C)c(C(=O)OC)s2)cc1OC. The first-order valence-electron chi connectivity index (χ1n) is 11.6. The number of amides is 1. The van der Waals surface area contributed by atoms with Crippen LogP contribution >= 0.6 is 11.3 Å². The number of aliphatic hydroxyl groups is 1. The Labute approximate surface area is 223 Å². The van der Waals surface area contributed by atoms with E-state index in [0.717, 1.165) is 11.3 Å². The monoisotopic (exact) mass is 538 g/mol. The molecule has 0 saturated carbocycles. The molecule has 1 fully saturated rings. The highest BCUT2D eigenvalue weighted by atomic mass is 32.1. The number of anilines is 1. The lowest BCUT2D eigenvalue weighted by atomic mass is 9.95. The van der Waals surface area contributed by atoms with Gasteiger partial charge in [0, 0.05) is 5.56 Å². The number of hydrogen-bond donors (Lipinski definition) is 1. The summed E-state index contributed by atoms with van der Waals surface area (Å²) in [5, 5.41) is 11.5. The molecule has 198 valence electrons. The highest BCUT2D eigenvalue weighted by Crippen LogP contribution is 2.45. The Hall–Kier alpha value is -4.38. The molecule has 0 unspecified atom stereocenters. The summed E-state index contributed by atoms with van der Waals surface area (Å²) in [4.78, 5) is 44.9. The van der Waals surface area contributed by atoms with Crippen molar-refractivity contribution in [3.8, 4) is 17.2 Å². The summed E-state index contributed by atoms with van der Waals surface area (Å²) in [6, 6.07) is 10.4. The fraction of sp³-hybridized carbons (Fsp3) is 0.259. The molecule has 1 aliphatic rings. The second-order valence-corrected chi connectivity index (χ2v) is 9.12. The number of ether oxygens (including phenoxy) is 4. The van der Waals surface area contributed by atoms with Gasteiger partial charge in [0.05, 0.1) is 45.2 Å². The molecule has 1 amide bonds. The Bertz CT molecular complexity index is 1440. The molecule has 1 aromatic heterocycles. The van der Waals surface area contributed by atoms with E-state index < -0.39 is 23.7 Å². The number of Topliss-reactive ketones (excluding diaryl/α,β-unsaturated/α-hetero) is 1. The number of ketones is 1. The zero-order valence-corrected chi connectivity index (χ0v) is 22.3. The van der Waals surface area contributed by atoms with Crippen molar-refractivity contribution < 1.29 is 38.4 Å². The summed E-state index contributed by atoms with van der Waals surface area (Å²) in [5.41, 5.74) is 0.939. The molecule has 38 heavy (non-hydrogen) atoms. The minimum absolute atomic E-state index is 0.104. The van der Waals surface area contributed by atoms with Crippen molar-refractivity contribution in [2.75, 3.05) is 32.8 Å². The van der Waals surface area contributed by atoms with Crippen LogP contribution in [0, 0.1) is 6.92 Å². The van der Waals surface area contributed by atoms with Gasteiger partial charge in [0.25, 0.3) is 5.78 Å². The van der Waals surface area contributed by atoms with Gasteiger partial charge in [0.1, 0.15) is 16.4 Å². The topological polar surface area (TPSA) is 124 Å². The number of thiazole rings is 1. The van der Waals surface area contributed by atoms with Crippen molar-refractivity contribution >= 4 is 39.9 Å². The fourth-order valence-electron chi connectivity index (χ4n) is 4.17. The maximum Gasteiger partial charge on any atom is 0.350 e. The lowest BCUT2D eigenvalue weighted by molar-refractivity contribution is -0.132. The van der Waals surface area contributed by atoms with Gasteiger partial charge in [-0.25, -0.2) is 9.78 Å². The van der Waals surface area contributed by atoms with E-state index in [2.05, 4.69) is 4.98 Å². The van der Waals surface area contributed by atoms with Crippen LogP contribution in [0.5, 0.6) is 17.2 Å². The summed E-state index contributed by atoms with van der Waals surface area (Å²) in [6.45, 7) is 3.84. The van der Waals surface area contributed by atoms with Gasteiger partial charge in [-0.2, -0.15) is 0 Å². The van der Waals surface area contributed by atoms with Gasteiger partial charge in [-0.3, -0.25) is 14.5 Å². The standard InChI is InChI=1S/C27H26N2O8S/c1-6-37-18-11-10-15(13-19(18)35-4)21-20(22(30)16-8-7-9-17(12-16)34-3)23(31)25(32)29(21)27-28-14(2)24(38-27)26(33)36-5/h7-13,21,30H,6H2,1-5H3/b22-20+/t21-/m1/s1. The summed E-state index contributed by atoms with van der Waals surface area (Å²) in [6.07, 6.45) is 0. The van der Waals surface area contributed by atoms with Crippen LogP contribution in [0.1, 0.15) is 39.5 Å². The maximum atomic E-state index is 13.4. The van der Waals surface area contributed by atoms with E-state index in [9.17, 15) is 19.5 Å². The van der Waals surface area contributed by atoms with Crippen molar-refractivity contribution in [1.82, 2.24) is 4.98 Å². The third-order valence-corrected chi connectivity index (χ3v) is 7.09. The van der Waals surface area contributed by atoms with Crippen LogP contribution in [-0.2, 0) is 14.3 Å². The molecular formula is C27H26N2O8S. The second kappa shape index (κ2) is 10.9. The largest absolute Gasteiger partial charge is 0.507 e. The van der Waals surface area contributed by atoms with Crippen LogP contribution < -0.4 is 19.1 Å². The average Bonchev–Trinajstić information content (AvgIpc) is 3.44. The van der Waals surface area contributed by atoms with Gasteiger partial charge in [-0.1, -0.05) is 29.5 Å². The number of carbonyl (C=O) groups excluding carboxylic acids is 3. The smallest absolute Gasteiger partial charge is 0.350 e. The van der Waals surface area contributed by atoms with Gasteiger partial charge >= 0.3 is 11.9 Å². The van der Waals surface area contributed by atoms with Crippen LogP contribution in [-0.4, -0.2) is 55.7 Å². The van der Waals surface area contributed by atoms with Gasteiger partial charge in [-0.05, 0) is 43.7 Å². The highest BCUT2D eigenvalue weighted by molar-refractivity contribution is 7.17. The van der Waals surface area contributed by atoms with Crippen LogP contribution in [0.4, 0.5) is 5.13 Å². The number of hydrogen-bond acceptors (Lipinski definition) is 10. The molecular weight excluding hydrogens is 512 g/mol. The normalized spacial score (nSPS) is 16.4. The summed E-state index contributed by atoms with van der Waals surface area (Å²) < 4.78 is 21.2. The van der Waals surface area contributed by atoms with Gasteiger partial charge in [0.2, 0.25) is 0 Å². The van der Waals surface area contributed by atoms with E-state index >= 15 is 0 Å². The first-order valence-corrected chi connectivity index (χ1v) is 12.4. The Morgan fingerprint density at radius 2 is 1.84 bits per heavy atom. The number of methoxy groups -OCH3 is 3. The van der Waals surface area contributed by atoms with E-state index in [1.807, 2.05) is 6.92 Å². The van der Waals surface area contributed by atoms with E-state index in [1.54, 1.807) is 49.4 Å². The number of aromatic nitrogens is 1. The first kappa shape index (κ1) is 26.7. The Kier molecular flexibility index (Phi) is 7.67. The quantitative estimate of drug-likeness (QED) is 0.194. The number of esters is 1. The molecule has 10 nitrogen and oxygen atoms in total. The van der Waals surface area contributed by atoms with Crippen LogP contribution in [0.3, 0.4) is 0 Å². The summed E-state index contributed by atoms with van der Waals surface area (Å²) in [7, 11) is 4.20. The number of aryl methyl sites for hydroxylation is 1. The molecule has 2 heterocycles. The van der Waals surface area contributed by atoms with Gasteiger partial charge in [-0.15, -0.1) is 0 Å². The number of benzene rings is 2. The third kappa shape index (κ3) is 4.68. The summed E-state index contributed by atoms with van der Waals surface area (Å²) >= 11 is 0.918. The minimum Gasteiger partial charge on any atom is -0.507 e. The van der Waals surface area contributed by atoms with Crippen molar-refractivity contribution in [3.05, 3.63) is 69.7 Å². The molecule has 2 aromatic carbocycles. The number of nitrogens with zero attached hydrogens (tertiary/aromatic N) is 2. The Morgan fingerprint density at radius 3 is 2.50 bits per heavy atom. The van der Waals surface area contributed by atoms with E-state index in [4.69, 9.17) is 18.9 Å². The predicted octanol–water partition coefficient (Wildman–Crippen LogP) is 4.28. The first-order chi connectivity index (χ1) is 18.2. The molecule has 1 atom stereocenters. The predicted molar refractivity (Wildman–Crippen MR) is 140 cm³/mol. The third-order valence-electron chi connectivity index (χ3n) is 5.95. The molecule has 1 saturated heterocycles. The van der Waals surface area contributed by atoms with E-state index in [-0.39, 0.29) is 26.9 Å². The number of aliphatic hydroxyl groups excluding tert-OH is 1. The molecule has 0 radical (unpaired) electrons. The van der Waals surface area contributed by atoms with Crippen LogP contribution in [0.15, 0.2) is 48.0 Å². The van der Waals surface area contributed by atoms with E-state index in [0.29, 0.717) is 35.1 Å². The molecule has 1 aliphatic heterocycles. The van der Waals surface area contributed by atoms with Crippen LogP contribution in [0.2, 0.25) is 0 Å². The number of carbonyl (C=O) groups is 3. The minimum atomic E-state index is -1.08. The maximum absolute atomic E-state index is 13.4. The lowest BCUT2D eigenvalue weighted by Crippen LogP contribution is -2.29. The molecule has 1 N–H and O–H groups in total. The zero-order chi connectivity index (χ0) is 27.6. The zero-order valence-electron chi connectivity index (χ0n) is 21.4. The van der Waals surface area contributed by atoms with Crippen LogP contribution in [0.25, 0.3) is 5.76 Å². The highest BCUT2D eigenvalue weighted by Gasteiger charge is 2.48.